The highest BCUT2D eigenvalue weighted by molar-refractivity contribution is 6.31. The number of methoxy groups -OCH3 is 1. The van der Waals surface area contributed by atoms with Crippen LogP contribution < -0.4 is 4.74 Å². The van der Waals surface area contributed by atoms with Crippen LogP contribution in [-0.2, 0) is 6.42 Å². The number of hydrogen-bond acceptors (Lipinski definition) is 2. The Balaban J connectivity index is 2.33. The van der Waals surface area contributed by atoms with Gasteiger partial charge in [0.2, 0.25) is 0 Å². The molecular weight excluding hydrogens is 286 g/mol. The highest BCUT2D eigenvalue weighted by Gasteiger charge is 2.20. The lowest BCUT2D eigenvalue weighted by Gasteiger charge is -2.08. The number of carbonyl (C=O) groups is 1. The number of Topliss-reactive ketones (excluding diaryl/α,β-unsaturated/α-hetero) is 1. The lowest BCUT2D eigenvalue weighted by molar-refractivity contribution is 0.0985. The molecule has 0 saturated carbocycles. The van der Waals surface area contributed by atoms with Gasteiger partial charge in [0.25, 0.3) is 0 Å². The summed E-state index contributed by atoms with van der Waals surface area (Å²) in [5, 5.41) is 0.384. The number of ether oxygens (including phenoxy) is 1. The predicted molar refractivity (Wildman–Crippen MR) is 72.4 cm³/mol. The molecule has 2 aromatic rings. The van der Waals surface area contributed by atoms with Crippen LogP contribution in [0.25, 0.3) is 0 Å². The topological polar surface area (TPSA) is 26.3 Å². The van der Waals surface area contributed by atoms with Gasteiger partial charge >= 0.3 is 0 Å². The van der Waals surface area contributed by atoms with Gasteiger partial charge in [0.1, 0.15) is 17.4 Å². The van der Waals surface area contributed by atoms with Crippen molar-refractivity contribution in [3.05, 3.63) is 64.2 Å². The monoisotopic (exact) mass is 296 g/mol. The summed E-state index contributed by atoms with van der Waals surface area (Å²) in [6, 6.07) is 8.62. The third-order valence-electron chi connectivity index (χ3n) is 2.84. The van der Waals surface area contributed by atoms with Crippen LogP contribution in [-0.4, -0.2) is 12.9 Å². The highest BCUT2D eigenvalue weighted by Crippen LogP contribution is 2.23. The van der Waals surface area contributed by atoms with Crippen LogP contribution in [0.4, 0.5) is 8.78 Å². The smallest absolute Gasteiger partial charge is 0.173 e. The first-order valence-corrected chi connectivity index (χ1v) is 6.20. The first kappa shape index (κ1) is 14.5. The third kappa shape index (κ3) is 2.96. The maximum atomic E-state index is 13.8. The Morgan fingerprint density at radius 3 is 2.35 bits per heavy atom. The van der Waals surface area contributed by atoms with E-state index in [9.17, 15) is 13.6 Å². The summed E-state index contributed by atoms with van der Waals surface area (Å²) >= 11 is 5.92. The summed E-state index contributed by atoms with van der Waals surface area (Å²) in [5.74, 6) is -2.54. The summed E-state index contributed by atoms with van der Waals surface area (Å²) in [7, 11) is 1.29. The Kier molecular flexibility index (Phi) is 4.35. The zero-order valence-corrected chi connectivity index (χ0v) is 11.4. The van der Waals surface area contributed by atoms with Gasteiger partial charge in [0.05, 0.1) is 12.7 Å². The largest absolute Gasteiger partial charge is 0.497 e. The van der Waals surface area contributed by atoms with Crippen LogP contribution in [0.5, 0.6) is 5.75 Å². The molecule has 0 aliphatic carbocycles. The molecule has 0 fully saturated rings. The molecule has 2 nitrogen and oxygen atoms in total. The lowest BCUT2D eigenvalue weighted by Crippen LogP contribution is -2.10. The van der Waals surface area contributed by atoms with Gasteiger partial charge in [-0.05, 0) is 11.6 Å². The maximum Gasteiger partial charge on any atom is 0.173 e. The molecule has 2 rings (SSSR count). The summed E-state index contributed by atoms with van der Waals surface area (Å²) in [5.41, 5.74) is -0.0560. The Morgan fingerprint density at radius 1 is 1.20 bits per heavy atom. The number of hydrogen-bond donors (Lipinski definition) is 0. The van der Waals surface area contributed by atoms with Gasteiger partial charge in [-0.2, -0.15) is 0 Å². The molecule has 0 radical (unpaired) electrons. The summed E-state index contributed by atoms with van der Waals surface area (Å²) in [4.78, 5) is 12.0. The molecule has 0 spiro atoms. The molecule has 0 saturated heterocycles. The molecule has 0 aliphatic rings. The molecule has 0 unspecified atom stereocenters. The predicted octanol–water partition coefficient (Wildman–Crippen LogP) is 4.05. The molecule has 0 atom stereocenters. The van der Waals surface area contributed by atoms with Crippen LogP contribution in [0.1, 0.15) is 15.9 Å². The maximum absolute atomic E-state index is 13.8. The Labute approximate surface area is 119 Å². The first-order valence-electron chi connectivity index (χ1n) is 5.82. The number of rotatable bonds is 4. The van der Waals surface area contributed by atoms with Crippen molar-refractivity contribution >= 4 is 17.4 Å². The summed E-state index contributed by atoms with van der Waals surface area (Å²) in [6.45, 7) is 0. The van der Waals surface area contributed by atoms with Gasteiger partial charge in [-0.15, -0.1) is 0 Å². The van der Waals surface area contributed by atoms with E-state index in [1.807, 2.05) is 0 Å². The van der Waals surface area contributed by atoms with E-state index < -0.39 is 23.0 Å². The minimum absolute atomic E-state index is 0.0225. The van der Waals surface area contributed by atoms with Gasteiger partial charge in [-0.25, -0.2) is 8.78 Å². The van der Waals surface area contributed by atoms with E-state index in [-0.39, 0.29) is 12.2 Å². The molecule has 0 amide bonds. The van der Waals surface area contributed by atoms with E-state index in [1.54, 1.807) is 24.3 Å². The fourth-order valence-electron chi connectivity index (χ4n) is 1.84. The highest BCUT2D eigenvalue weighted by atomic mass is 35.5. The van der Waals surface area contributed by atoms with E-state index in [1.165, 1.54) is 7.11 Å². The van der Waals surface area contributed by atoms with Crippen molar-refractivity contribution < 1.29 is 18.3 Å². The van der Waals surface area contributed by atoms with E-state index in [4.69, 9.17) is 16.3 Å². The average molecular weight is 297 g/mol. The molecule has 104 valence electrons. The van der Waals surface area contributed by atoms with E-state index in [0.29, 0.717) is 10.6 Å². The molecular formula is C15H11ClF2O2. The van der Waals surface area contributed by atoms with Crippen molar-refractivity contribution in [1.82, 2.24) is 0 Å². The SMILES string of the molecule is COc1cc(F)c(C(=O)Cc2ccccc2Cl)c(F)c1. The van der Waals surface area contributed by atoms with Crippen LogP contribution in [0, 0.1) is 11.6 Å². The molecule has 0 aromatic heterocycles. The molecule has 0 heterocycles. The Morgan fingerprint density at radius 2 is 1.80 bits per heavy atom. The zero-order chi connectivity index (χ0) is 14.7. The Hall–Kier alpha value is -1.94. The Bertz CT molecular complexity index is 633. The zero-order valence-electron chi connectivity index (χ0n) is 10.6. The fourth-order valence-corrected chi connectivity index (χ4v) is 2.04. The van der Waals surface area contributed by atoms with E-state index in [2.05, 4.69) is 0 Å². The minimum atomic E-state index is -0.945. The van der Waals surface area contributed by atoms with Crippen molar-refractivity contribution in [1.29, 1.82) is 0 Å². The molecule has 2 aromatic carbocycles. The molecule has 20 heavy (non-hydrogen) atoms. The van der Waals surface area contributed by atoms with Crippen LogP contribution >= 0.6 is 11.6 Å². The second-order valence-electron chi connectivity index (χ2n) is 4.16. The van der Waals surface area contributed by atoms with Crippen molar-refractivity contribution in [2.24, 2.45) is 0 Å². The number of halogens is 3. The number of carbonyl (C=O) groups excluding carboxylic acids is 1. The van der Waals surface area contributed by atoms with Crippen LogP contribution in [0.3, 0.4) is 0 Å². The second kappa shape index (κ2) is 6.01. The summed E-state index contributed by atoms with van der Waals surface area (Å²) < 4.78 is 32.3. The van der Waals surface area contributed by atoms with Gasteiger partial charge in [0, 0.05) is 23.6 Å². The van der Waals surface area contributed by atoms with Crippen LogP contribution in [0.2, 0.25) is 5.02 Å². The fraction of sp³-hybridized carbons (Fsp3) is 0.133. The molecule has 0 bridgehead atoms. The standard InChI is InChI=1S/C15H11ClF2O2/c1-20-10-7-12(17)15(13(18)8-10)14(19)6-9-4-2-3-5-11(9)16/h2-5,7-8H,6H2,1H3. The molecule has 0 N–H and O–H groups in total. The second-order valence-corrected chi connectivity index (χ2v) is 4.56. The average Bonchev–Trinajstić information content (AvgIpc) is 2.40. The number of ketones is 1. The first-order chi connectivity index (χ1) is 9.52. The van der Waals surface area contributed by atoms with Gasteiger partial charge in [-0.1, -0.05) is 29.8 Å². The molecule has 5 heteroatoms. The number of benzene rings is 2. The van der Waals surface area contributed by atoms with Gasteiger partial charge in [-0.3, -0.25) is 4.79 Å². The van der Waals surface area contributed by atoms with E-state index >= 15 is 0 Å². The van der Waals surface area contributed by atoms with Crippen molar-refractivity contribution in [2.75, 3.05) is 7.11 Å². The minimum Gasteiger partial charge on any atom is -0.497 e. The normalized spacial score (nSPS) is 10.4. The quantitative estimate of drug-likeness (QED) is 0.796. The van der Waals surface area contributed by atoms with E-state index in [0.717, 1.165) is 12.1 Å². The van der Waals surface area contributed by atoms with Crippen molar-refractivity contribution in [3.8, 4) is 5.75 Å². The summed E-state index contributed by atoms with van der Waals surface area (Å²) in [6.07, 6.45) is -0.167. The van der Waals surface area contributed by atoms with Gasteiger partial charge in [0.15, 0.2) is 5.78 Å². The van der Waals surface area contributed by atoms with Crippen molar-refractivity contribution in [3.63, 3.8) is 0 Å². The molecule has 0 aliphatic heterocycles. The van der Waals surface area contributed by atoms with Gasteiger partial charge < -0.3 is 4.74 Å². The van der Waals surface area contributed by atoms with Crippen LogP contribution in [0.15, 0.2) is 36.4 Å². The van der Waals surface area contributed by atoms with Crippen molar-refractivity contribution in [2.45, 2.75) is 6.42 Å². The third-order valence-corrected chi connectivity index (χ3v) is 3.21. The lowest BCUT2D eigenvalue weighted by atomic mass is 10.0.